The molecular weight excluding hydrogens is 368 g/mol. The Kier molecular flexibility index (Phi) is 5.69. The second kappa shape index (κ2) is 8.39. The van der Waals surface area contributed by atoms with E-state index in [1.54, 1.807) is 6.08 Å². The number of aliphatic hydroxyl groups is 1. The third kappa shape index (κ3) is 3.80. The molecule has 0 aromatic heterocycles. The van der Waals surface area contributed by atoms with Gasteiger partial charge in [-0.15, -0.1) is 0 Å². The molecule has 2 aliphatic rings. The first kappa shape index (κ1) is 19.7. The van der Waals surface area contributed by atoms with Crippen LogP contribution in [0.5, 0.6) is 0 Å². The van der Waals surface area contributed by atoms with Crippen molar-refractivity contribution >= 4 is 5.97 Å². The minimum Gasteiger partial charge on any atom is -0.475 e. The first-order chi connectivity index (χ1) is 14.1. The van der Waals surface area contributed by atoms with Crippen LogP contribution in [0.4, 0.5) is 0 Å². The van der Waals surface area contributed by atoms with Crippen molar-refractivity contribution in [2.24, 2.45) is 5.92 Å². The molecule has 2 N–H and O–H groups in total. The fourth-order valence-corrected chi connectivity index (χ4v) is 4.51. The summed E-state index contributed by atoms with van der Waals surface area (Å²) in [5.41, 5.74) is 6.15. The van der Waals surface area contributed by atoms with Gasteiger partial charge in [0.05, 0.1) is 0 Å². The number of hydrogen-bond donors (Lipinski definition) is 2. The lowest BCUT2D eigenvalue weighted by atomic mass is 9.80. The number of allylic oxidation sites excluding steroid dienone is 1. The number of fused-ring (bicyclic) bond motifs is 3. The van der Waals surface area contributed by atoms with Crippen molar-refractivity contribution in [2.75, 3.05) is 13.2 Å². The van der Waals surface area contributed by atoms with Crippen LogP contribution in [-0.2, 0) is 20.7 Å². The largest absolute Gasteiger partial charge is 0.475 e. The van der Waals surface area contributed by atoms with E-state index >= 15 is 0 Å². The Morgan fingerprint density at radius 2 is 1.97 bits per heavy atom. The number of carboxylic acids is 1. The molecule has 1 heterocycles. The third-order valence-electron chi connectivity index (χ3n) is 5.82. The highest BCUT2D eigenvalue weighted by Gasteiger charge is 2.38. The Hall–Kier alpha value is -2.63. The monoisotopic (exact) mass is 394 g/mol. The summed E-state index contributed by atoms with van der Waals surface area (Å²) in [7, 11) is 0. The maximum atomic E-state index is 11.6. The summed E-state index contributed by atoms with van der Waals surface area (Å²) in [5.74, 6) is -1.37. The predicted molar refractivity (Wildman–Crippen MR) is 109 cm³/mol. The Balaban J connectivity index is 1.72. The Morgan fingerprint density at radius 1 is 1.17 bits per heavy atom. The summed E-state index contributed by atoms with van der Waals surface area (Å²) in [6.45, 7) is 2.38. The van der Waals surface area contributed by atoms with E-state index in [4.69, 9.17) is 9.47 Å². The number of ether oxygens (including phenoxy) is 2. The highest BCUT2D eigenvalue weighted by atomic mass is 16.7. The number of rotatable bonds is 7. The lowest BCUT2D eigenvalue weighted by Crippen LogP contribution is -2.36. The highest BCUT2D eigenvalue weighted by molar-refractivity contribution is 5.84. The molecule has 0 saturated heterocycles. The third-order valence-corrected chi connectivity index (χ3v) is 5.82. The molecule has 3 atom stereocenters. The second-order valence-electron chi connectivity index (χ2n) is 7.58. The quantitative estimate of drug-likeness (QED) is 0.631. The van der Waals surface area contributed by atoms with Crippen molar-refractivity contribution in [1.82, 2.24) is 0 Å². The first-order valence-corrected chi connectivity index (χ1v) is 10.2. The molecule has 0 bridgehead atoms. The molecule has 4 rings (SSSR count). The summed E-state index contributed by atoms with van der Waals surface area (Å²) in [6, 6.07) is 14.8. The molecule has 2 aromatic carbocycles. The van der Waals surface area contributed by atoms with Crippen LogP contribution in [0.25, 0.3) is 11.1 Å². The van der Waals surface area contributed by atoms with Gasteiger partial charge in [0.1, 0.15) is 0 Å². The van der Waals surface area contributed by atoms with E-state index in [2.05, 4.69) is 42.5 Å². The van der Waals surface area contributed by atoms with Crippen molar-refractivity contribution in [1.29, 1.82) is 0 Å². The maximum absolute atomic E-state index is 11.6. The Labute approximate surface area is 170 Å². The Morgan fingerprint density at radius 3 is 2.72 bits per heavy atom. The minimum absolute atomic E-state index is 0.0629. The van der Waals surface area contributed by atoms with E-state index < -0.39 is 12.3 Å². The summed E-state index contributed by atoms with van der Waals surface area (Å²) in [6.07, 6.45) is 3.24. The zero-order chi connectivity index (χ0) is 20.4. The smallest absolute Gasteiger partial charge is 0.370 e. The summed E-state index contributed by atoms with van der Waals surface area (Å²) < 4.78 is 11.4. The summed E-state index contributed by atoms with van der Waals surface area (Å²) >= 11 is 0. The number of carbonyl (C=O) groups is 1. The molecule has 2 aromatic rings. The molecule has 0 spiro atoms. The van der Waals surface area contributed by atoms with Gasteiger partial charge in [0.15, 0.2) is 0 Å². The van der Waals surface area contributed by atoms with E-state index in [1.807, 2.05) is 6.92 Å². The van der Waals surface area contributed by atoms with Gasteiger partial charge in [-0.2, -0.15) is 0 Å². The number of carboxylic acid groups (broad SMARTS) is 1. The maximum Gasteiger partial charge on any atom is 0.370 e. The highest BCUT2D eigenvalue weighted by Crippen LogP contribution is 2.43. The van der Waals surface area contributed by atoms with Crippen molar-refractivity contribution in [2.45, 2.75) is 38.4 Å². The number of hydrogen-bond acceptors (Lipinski definition) is 4. The fourth-order valence-electron chi connectivity index (χ4n) is 4.51. The molecule has 5 nitrogen and oxygen atoms in total. The molecule has 1 aliphatic carbocycles. The van der Waals surface area contributed by atoms with Gasteiger partial charge in [0.2, 0.25) is 12.0 Å². The topological polar surface area (TPSA) is 76.0 Å². The van der Waals surface area contributed by atoms with E-state index in [-0.39, 0.29) is 24.2 Å². The van der Waals surface area contributed by atoms with Crippen molar-refractivity contribution in [3.05, 3.63) is 71.0 Å². The Bertz CT molecular complexity index is 933. The molecular formula is C24H26O5. The van der Waals surface area contributed by atoms with Gasteiger partial charge in [-0.25, -0.2) is 4.79 Å². The van der Waals surface area contributed by atoms with E-state index in [1.165, 1.54) is 22.3 Å². The zero-order valence-electron chi connectivity index (χ0n) is 16.5. The average molecular weight is 394 g/mol. The standard InChI is InChI=1S/C24H26O5/c1-2-28-24-20(8-5-11-25)21(14-22(29-24)23(26)27)16-9-10-19-17(13-16)12-15-6-3-4-7-18(15)19/h3-4,6-7,9-10,13-14,20-21,24-25H,2,5,8,11-12H2,1H3,(H,26,27)/t20-,21+,24+/m0/s1. The van der Waals surface area contributed by atoms with Gasteiger partial charge < -0.3 is 19.7 Å². The van der Waals surface area contributed by atoms with Crippen molar-refractivity contribution < 1.29 is 24.5 Å². The van der Waals surface area contributed by atoms with Crippen LogP contribution >= 0.6 is 0 Å². The number of aliphatic carboxylic acids is 1. The molecule has 0 radical (unpaired) electrons. The molecule has 152 valence electrons. The van der Waals surface area contributed by atoms with Gasteiger partial charge in [0, 0.05) is 25.0 Å². The minimum atomic E-state index is -1.09. The van der Waals surface area contributed by atoms with Gasteiger partial charge in [-0.05, 0) is 60.1 Å². The van der Waals surface area contributed by atoms with Crippen molar-refractivity contribution in [3.8, 4) is 11.1 Å². The van der Waals surface area contributed by atoms with Crippen LogP contribution in [0.2, 0.25) is 0 Å². The fraction of sp³-hybridized carbons (Fsp3) is 0.375. The molecule has 0 unspecified atom stereocenters. The SMILES string of the molecule is CCO[C@@H]1OC(C(=O)O)=C[C@H](c2ccc3c(c2)Cc2ccccc2-3)[C@@H]1CCCO. The van der Waals surface area contributed by atoms with Gasteiger partial charge in [-0.3, -0.25) is 0 Å². The summed E-state index contributed by atoms with van der Waals surface area (Å²) in [4.78, 5) is 11.6. The van der Waals surface area contributed by atoms with E-state index in [0.29, 0.717) is 19.4 Å². The molecule has 29 heavy (non-hydrogen) atoms. The predicted octanol–water partition coefficient (Wildman–Crippen LogP) is 4.09. The lowest BCUT2D eigenvalue weighted by molar-refractivity contribution is -0.173. The van der Waals surface area contributed by atoms with Gasteiger partial charge >= 0.3 is 5.97 Å². The normalized spacial score (nSPS) is 22.4. The number of benzene rings is 2. The molecule has 1 aliphatic heterocycles. The van der Waals surface area contributed by atoms with Crippen LogP contribution in [0.1, 0.15) is 42.4 Å². The van der Waals surface area contributed by atoms with E-state index in [0.717, 1.165) is 12.0 Å². The van der Waals surface area contributed by atoms with Gasteiger partial charge in [0.25, 0.3) is 0 Å². The van der Waals surface area contributed by atoms with Crippen LogP contribution in [-0.4, -0.2) is 35.7 Å². The van der Waals surface area contributed by atoms with E-state index in [9.17, 15) is 15.0 Å². The molecule has 0 amide bonds. The van der Waals surface area contributed by atoms with Crippen LogP contribution in [0.3, 0.4) is 0 Å². The van der Waals surface area contributed by atoms with Crippen LogP contribution in [0, 0.1) is 5.92 Å². The first-order valence-electron chi connectivity index (χ1n) is 10.2. The number of aliphatic hydroxyl groups excluding tert-OH is 1. The molecule has 0 fully saturated rings. The molecule has 0 saturated carbocycles. The van der Waals surface area contributed by atoms with Crippen molar-refractivity contribution in [3.63, 3.8) is 0 Å². The average Bonchev–Trinajstić information content (AvgIpc) is 3.10. The summed E-state index contributed by atoms with van der Waals surface area (Å²) in [5, 5.41) is 18.9. The lowest BCUT2D eigenvalue weighted by Gasteiger charge is -2.36. The van der Waals surface area contributed by atoms with Crippen LogP contribution in [0.15, 0.2) is 54.3 Å². The second-order valence-corrected chi connectivity index (χ2v) is 7.58. The molecule has 5 heteroatoms. The van der Waals surface area contributed by atoms with Crippen LogP contribution < -0.4 is 0 Å². The zero-order valence-corrected chi connectivity index (χ0v) is 16.5. The van der Waals surface area contributed by atoms with Gasteiger partial charge in [-0.1, -0.05) is 42.5 Å².